The van der Waals surface area contributed by atoms with E-state index < -0.39 is 17.9 Å². The Labute approximate surface area is 107 Å². The summed E-state index contributed by atoms with van der Waals surface area (Å²) in [5, 5.41) is 7.11. The number of amidine groups is 1. The standard InChI is InChI=1S/C12H24F3N3/c1-4-6-7-18(9(3)5-2)8-10(11(16)17)12(13,14)15/h9-10H,4-8H2,1-3H3,(H3,16,17). The predicted octanol–water partition coefficient (Wildman–Crippen LogP) is 3.00. The SMILES string of the molecule is CCCCN(CC(C(=N)N)C(F)(F)F)C(C)CC. The molecule has 0 aromatic carbocycles. The summed E-state index contributed by atoms with van der Waals surface area (Å²) in [7, 11) is 0. The van der Waals surface area contributed by atoms with Crippen molar-refractivity contribution in [1.29, 1.82) is 5.41 Å². The number of hydrogen-bond acceptors (Lipinski definition) is 2. The smallest absolute Gasteiger partial charge is 0.387 e. The number of nitrogens with one attached hydrogen (secondary N) is 1. The largest absolute Gasteiger partial charge is 0.399 e. The maximum absolute atomic E-state index is 12.8. The van der Waals surface area contributed by atoms with Gasteiger partial charge in [0.05, 0.1) is 0 Å². The van der Waals surface area contributed by atoms with E-state index in [1.807, 2.05) is 20.8 Å². The molecule has 0 heterocycles. The lowest BCUT2D eigenvalue weighted by Gasteiger charge is -2.32. The Hall–Kier alpha value is -0.780. The van der Waals surface area contributed by atoms with Crippen molar-refractivity contribution in [2.45, 2.75) is 52.3 Å². The Kier molecular flexibility index (Phi) is 7.28. The Morgan fingerprint density at radius 3 is 2.22 bits per heavy atom. The molecule has 2 atom stereocenters. The second-order valence-electron chi connectivity index (χ2n) is 4.66. The summed E-state index contributed by atoms with van der Waals surface area (Å²) in [5.41, 5.74) is 5.08. The van der Waals surface area contributed by atoms with E-state index in [1.54, 1.807) is 4.90 Å². The van der Waals surface area contributed by atoms with Crippen molar-refractivity contribution in [3.8, 4) is 0 Å². The van der Waals surface area contributed by atoms with Crippen LogP contribution >= 0.6 is 0 Å². The van der Waals surface area contributed by atoms with Crippen LogP contribution in [-0.4, -0.2) is 36.0 Å². The van der Waals surface area contributed by atoms with Gasteiger partial charge in [0, 0.05) is 12.6 Å². The first-order chi connectivity index (χ1) is 8.23. The van der Waals surface area contributed by atoms with Gasteiger partial charge in [-0.15, -0.1) is 0 Å². The van der Waals surface area contributed by atoms with Crippen LogP contribution in [0, 0.1) is 11.3 Å². The number of halogens is 3. The maximum Gasteiger partial charge on any atom is 0.399 e. The molecule has 108 valence electrons. The van der Waals surface area contributed by atoms with Crippen molar-refractivity contribution >= 4 is 5.84 Å². The van der Waals surface area contributed by atoms with Crippen LogP contribution < -0.4 is 5.73 Å². The highest BCUT2D eigenvalue weighted by Gasteiger charge is 2.43. The fourth-order valence-electron chi connectivity index (χ4n) is 1.72. The molecule has 0 saturated carbocycles. The summed E-state index contributed by atoms with van der Waals surface area (Å²) in [6.45, 7) is 6.25. The molecule has 3 N–H and O–H groups in total. The van der Waals surface area contributed by atoms with Gasteiger partial charge in [-0.2, -0.15) is 13.2 Å². The van der Waals surface area contributed by atoms with E-state index in [2.05, 4.69) is 0 Å². The van der Waals surface area contributed by atoms with Crippen LogP contribution in [0.1, 0.15) is 40.0 Å². The Morgan fingerprint density at radius 1 is 1.33 bits per heavy atom. The van der Waals surface area contributed by atoms with Gasteiger partial charge in [0.1, 0.15) is 11.8 Å². The number of hydrogen-bond donors (Lipinski definition) is 2. The lowest BCUT2D eigenvalue weighted by atomic mass is 10.1. The fraction of sp³-hybridized carbons (Fsp3) is 0.917. The lowest BCUT2D eigenvalue weighted by Crippen LogP contribution is -2.46. The average Bonchev–Trinajstić information content (AvgIpc) is 2.26. The summed E-state index contributed by atoms with van der Waals surface area (Å²) >= 11 is 0. The molecule has 0 aliphatic heterocycles. The van der Waals surface area contributed by atoms with Gasteiger partial charge in [0.15, 0.2) is 0 Å². The van der Waals surface area contributed by atoms with Gasteiger partial charge in [-0.05, 0) is 26.3 Å². The highest BCUT2D eigenvalue weighted by Crippen LogP contribution is 2.27. The molecule has 0 fully saturated rings. The molecule has 0 bridgehead atoms. The van der Waals surface area contributed by atoms with Crippen LogP contribution in [0.25, 0.3) is 0 Å². The average molecular weight is 267 g/mol. The highest BCUT2D eigenvalue weighted by atomic mass is 19.4. The molecule has 0 saturated heterocycles. The molecule has 3 nitrogen and oxygen atoms in total. The number of unbranched alkanes of at least 4 members (excludes halogenated alkanes) is 1. The minimum absolute atomic E-state index is 0.0701. The van der Waals surface area contributed by atoms with Gasteiger partial charge in [-0.25, -0.2) is 0 Å². The van der Waals surface area contributed by atoms with Gasteiger partial charge < -0.3 is 5.73 Å². The maximum atomic E-state index is 12.8. The summed E-state index contributed by atoms with van der Waals surface area (Å²) in [6, 6.07) is 0.0701. The van der Waals surface area contributed by atoms with E-state index in [-0.39, 0.29) is 12.6 Å². The van der Waals surface area contributed by atoms with Gasteiger partial charge in [-0.1, -0.05) is 20.3 Å². The van der Waals surface area contributed by atoms with Crippen LogP contribution in [0.15, 0.2) is 0 Å². The third kappa shape index (κ3) is 5.71. The molecule has 6 heteroatoms. The zero-order valence-corrected chi connectivity index (χ0v) is 11.3. The van der Waals surface area contributed by atoms with Crippen LogP contribution in [0.5, 0.6) is 0 Å². The molecular formula is C12H24F3N3. The zero-order valence-electron chi connectivity index (χ0n) is 11.3. The van der Waals surface area contributed by atoms with E-state index in [9.17, 15) is 13.2 Å². The molecule has 0 aromatic heterocycles. The van der Waals surface area contributed by atoms with Crippen LogP contribution in [-0.2, 0) is 0 Å². The molecule has 0 aliphatic carbocycles. The van der Waals surface area contributed by atoms with Gasteiger partial charge in [-0.3, -0.25) is 10.3 Å². The van der Waals surface area contributed by atoms with Gasteiger partial charge >= 0.3 is 6.18 Å². The third-order valence-corrected chi connectivity index (χ3v) is 3.20. The van der Waals surface area contributed by atoms with E-state index in [0.29, 0.717) is 6.54 Å². The Morgan fingerprint density at radius 2 is 1.89 bits per heavy atom. The predicted molar refractivity (Wildman–Crippen MR) is 67.7 cm³/mol. The van der Waals surface area contributed by atoms with Crippen molar-refractivity contribution in [3.05, 3.63) is 0 Å². The van der Waals surface area contributed by atoms with Crippen molar-refractivity contribution in [2.24, 2.45) is 11.7 Å². The Bertz CT molecular complexity index is 253. The Balaban J connectivity index is 4.75. The first-order valence-corrected chi connectivity index (χ1v) is 6.38. The highest BCUT2D eigenvalue weighted by molar-refractivity contribution is 5.80. The van der Waals surface area contributed by atoms with Crippen molar-refractivity contribution in [1.82, 2.24) is 4.90 Å². The number of nitrogens with zero attached hydrogens (tertiary/aromatic N) is 1. The minimum atomic E-state index is -4.44. The van der Waals surface area contributed by atoms with Crippen molar-refractivity contribution in [3.63, 3.8) is 0 Å². The van der Waals surface area contributed by atoms with Gasteiger partial charge in [0.25, 0.3) is 0 Å². The molecule has 0 rings (SSSR count). The minimum Gasteiger partial charge on any atom is -0.387 e. The van der Waals surface area contributed by atoms with Crippen molar-refractivity contribution in [2.75, 3.05) is 13.1 Å². The summed E-state index contributed by atoms with van der Waals surface area (Å²) in [5.74, 6) is -2.66. The molecule has 0 aliphatic rings. The second kappa shape index (κ2) is 7.61. The zero-order chi connectivity index (χ0) is 14.3. The molecule has 0 radical (unpaired) electrons. The van der Waals surface area contributed by atoms with E-state index in [0.717, 1.165) is 19.3 Å². The fourth-order valence-corrected chi connectivity index (χ4v) is 1.72. The summed E-state index contributed by atoms with van der Waals surface area (Å²) in [6.07, 6.45) is -1.87. The van der Waals surface area contributed by atoms with Crippen LogP contribution in [0.4, 0.5) is 13.2 Å². The normalized spacial score (nSPS) is 15.7. The van der Waals surface area contributed by atoms with E-state index in [4.69, 9.17) is 11.1 Å². The summed E-state index contributed by atoms with van der Waals surface area (Å²) in [4.78, 5) is 1.78. The number of rotatable bonds is 8. The summed E-state index contributed by atoms with van der Waals surface area (Å²) < 4.78 is 38.3. The van der Waals surface area contributed by atoms with Crippen molar-refractivity contribution < 1.29 is 13.2 Å². The molecular weight excluding hydrogens is 243 g/mol. The number of nitrogens with two attached hydrogens (primary N) is 1. The second-order valence-corrected chi connectivity index (χ2v) is 4.66. The van der Waals surface area contributed by atoms with Crippen LogP contribution in [0.3, 0.4) is 0 Å². The first-order valence-electron chi connectivity index (χ1n) is 6.38. The molecule has 0 amide bonds. The monoisotopic (exact) mass is 267 g/mol. The molecule has 2 unspecified atom stereocenters. The van der Waals surface area contributed by atoms with E-state index in [1.165, 1.54) is 0 Å². The molecule has 18 heavy (non-hydrogen) atoms. The van der Waals surface area contributed by atoms with Gasteiger partial charge in [0.2, 0.25) is 0 Å². The van der Waals surface area contributed by atoms with Crippen LogP contribution in [0.2, 0.25) is 0 Å². The molecule has 0 aromatic rings. The first kappa shape index (κ1) is 17.2. The number of alkyl halides is 3. The molecule has 0 spiro atoms. The topological polar surface area (TPSA) is 53.1 Å². The third-order valence-electron chi connectivity index (χ3n) is 3.20. The lowest BCUT2D eigenvalue weighted by molar-refractivity contribution is -0.161. The quantitative estimate of drug-likeness (QED) is 0.524. The van der Waals surface area contributed by atoms with E-state index >= 15 is 0 Å².